The van der Waals surface area contributed by atoms with E-state index in [-0.39, 0.29) is 0 Å². The second-order valence-electron chi connectivity index (χ2n) is 6.57. The maximum absolute atomic E-state index is 11.3. The van der Waals surface area contributed by atoms with Crippen molar-refractivity contribution in [2.75, 3.05) is 13.7 Å². The summed E-state index contributed by atoms with van der Waals surface area (Å²) in [4.78, 5) is 11.3. The summed E-state index contributed by atoms with van der Waals surface area (Å²) in [6.45, 7) is 4.92. The van der Waals surface area contributed by atoms with Gasteiger partial charge >= 0.3 is 0 Å². The topological polar surface area (TPSA) is 44.8 Å². The fourth-order valence-corrected chi connectivity index (χ4v) is 2.88. The molecule has 0 fully saturated rings. The first-order chi connectivity index (χ1) is 13.2. The van der Waals surface area contributed by atoms with Gasteiger partial charge in [-0.2, -0.15) is 0 Å². The standard InChI is InChI=1S/C23H30O4/c1-4-6-7-8-14-26-23-21(25-3)15-19(17-24)16-22(23)27-20-12-10-18(9-5-2)11-13-20/h10-13,15-17H,4-9,14H2,1-3H3. The summed E-state index contributed by atoms with van der Waals surface area (Å²) in [6, 6.07) is 11.4. The first-order valence-corrected chi connectivity index (χ1v) is 9.78. The molecular formula is C23H30O4. The molecule has 0 radical (unpaired) electrons. The molecule has 2 rings (SSSR count). The van der Waals surface area contributed by atoms with E-state index in [1.165, 1.54) is 18.4 Å². The van der Waals surface area contributed by atoms with Gasteiger partial charge in [-0.3, -0.25) is 4.79 Å². The maximum Gasteiger partial charge on any atom is 0.204 e. The zero-order valence-corrected chi connectivity index (χ0v) is 16.6. The van der Waals surface area contributed by atoms with Crippen LogP contribution in [0.4, 0.5) is 0 Å². The molecule has 2 aromatic rings. The van der Waals surface area contributed by atoms with Gasteiger partial charge in [0.2, 0.25) is 5.75 Å². The van der Waals surface area contributed by atoms with Crippen molar-refractivity contribution in [3.63, 3.8) is 0 Å². The zero-order chi connectivity index (χ0) is 19.5. The van der Waals surface area contributed by atoms with Crippen LogP contribution in [0.15, 0.2) is 36.4 Å². The van der Waals surface area contributed by atoms with E-state index in [0.717, 1.165) is 32.0 Å². The third kappa shape index (κ3) is 6.31. The van der Waals surface area contributed by atoms with Gasteiger partial charge in [0.15, 0.2) is 11.5 Å². The number of ether oxygens (including phenoxy) is 3. The van der Waals surface area contributed by atoms with E-state index < -0.39 is 0 Å². The highest BCUT2D eigenvalue weighted by molar-refractivity contribution is 5.78. The lowest BCUT2D eigenvalue weighted by atomic mass is 10.1. The quantitative estimate of drug-likeness (QED) is 0.329. The van der Waals surface area contributed by atoms with Crippen LogP contribution in [0.3, 0.4) is 0 Å². The average molecular weight is 370 g/mol. The molecule has 0 aliphatic rings. The molecule has 0 unspecified atom stereocenters. The summed E-state index contributed by atoms with van der Waals surface area (Å²) >= 11 is 0. The summed E-state index contributed by atoms with van der Waals surface area (Å²) in [5, 5.41) is 0. The Balaban J connectivity index is 2.21. The molecule has 0 bridgehead atoms. The highest BCUT2D eigenvalue weighted by Crippen LogP contribution is 2.41. The van der Waals surface area contributed by atoms with Crippen LogP contribution in [-0.4, -0.2) is 20.0 Å². The third-order valence-corrected chi connectivity index (χ3v) is 4.33. The lowest BCUT2D eigenvalue weighted by Crippen LogP contribution is -2.02. The summed E-state index contributed by atoms with van der Waals surface area (Å²) < 4.78 is 17.4. The molecule has 0 aromatic heterocycles. The minimum absolute atomic E-state index is 0.489. The Morgan fingerprint density at radius 1 is 0.926 bits per heavy atom. The first-order valence-electron chi connectivity index (χ1n) is 9.78. The van der Waals surface area contributed by atoms with Crippen molar-refractivity contribution in [3.05, 3.63) is 47.5 Å². The van der Waals surface area contributed by atoms with Gasteiger partial charge in [-0.15, -0.1) is 0 Å². The summed E-state index contributed by atoms with van der Waals surface area (Å²) in [7, 11) is 1.57. The molecule has 0 heterocycles. The maximum atomic E-state index is 11.3. The Bertz CT molecular complexity index is 707. The average Bonchev–Trinajstić information content (AvgIpc) is 2.70. The van der Waals surface area contributed by atoms with E-state index >= 15 is 0 Å². The fourth-order valence-electron chi connectivity index (χ4n) is 2.88. The lowest BCUT2D eigenvalue weighted by Gasteiger charge is -2.16. The van der Waals surface area contributed by atoms with E-state index in [0.29, 0.717) is 35.2 Å². The number of hydrogen-bond donors (Lipinski definition) is 0. The number of benzene rings is 2. The number of carbonyl (C=O) groups excluding carboxylic acids is 1. The van der Waals surface area contributed by atoms with Crippen LogP contribution in [-0.2, 0) is 6.42 Å². The number of rotatable bonds is 12. The lowest BCUT2D eigenvalue weighted by molar-refractivity contribution is 0.112. The van der Waals surface area contributed by atoms with Gasteiger partial charge in [-0.25, -0.2) is 0 Å². The number of aldehydes is 1. The molecule has 2 aromatic carbocycles. The molecular weight excluding hydrogens is 340 g/mol. The Kier molecular flexibility index (Phi) is 8.69. The van der Waals surface area contributed by atoms with Crippen molar-refractivity contribution >= 4 is 6.29 Å². The number of aryl methyl sites for hydroxylation is 1. The zero-order valence-electron chi connectivity index (χ0n) is 16.6. The molecule has 0 atom stereocenters. The first kappa shape index (κ1) is 20.8. The molecule has 4 heteroatoms. The van der Waals surface area contributed by atoms with E-state index in [1.54, 1.807) is 19.2 Å². The molecule has 146 valence electrons. The van der Waals surface area contributed by atoms with Gasteiger partial charge in [0.1, 0.15) is 12.0 Å². The van der Waals surface area contributed by atoms with Crippen LogP contribution >= 0.6 is 0 Å². The summed E-state index contributed by atoms with van der Waals surface area (Å²) in [5.74, 6) is 2.25. The van der Waals surface area contributed by atoms with Gasteiger partial charge in [0.25, 0.3) is 0 Å². The van der Waals surface area contributed by atoms with E-state index in [4.69, 9.17) is 14.2 Å². The third-order valence-electron chi connectivity index (χ3n) is 4.33. The summed E-state index contributed by atoms with van der Waals surface area (Å²) in [6.07, 6.45) is 7.40. The van der Waals surface area contributed by atoms with Crippen molar-refractivity contribution < 1.29 is 19.0 Å². The van der Waals surface area contributed by atoms with Crippen LogP contribution in [0.5, 0.6) is 23.0 Å². The van der Waals surface area contributed by atoms with Crippen molar-refractivity contribution in [1.29, 1.82) is 0 Å². The highest BCUT2D eigenvalue weighted by atomic mass is 16.5. The van der Waals surface area contributed by atoms with Crippen LogP contribution in [0.25, 0.3) is 0 Å². The monoisotopic (exact) mass is 370 g/mol. The van der Waals surface area contributed by atoms with Crippen molar-refractivity contribution in [2.24, 2.45) is 0 Å². The van der Waals surface area contributed by atoms with Gasteiger partial charge in [0, 0.05) is 5.56 Å². The predicted molar refractivity (Wildman–Crippen MR) is 109 cm³/mol. The van der Waals surface area contributed by atoms with E-state index in [1.807, 2.05) is 12.1 Å². The summed E-state index contributed by atoms with van der Waals surface area (Å²) in [5.41, 5.74) is 1.76. The van der Waals surface area contributed by atoms with Crippen molar-refractivity contribution in [1.82, 2.24) is 0 Å². The minimum atomic E-state index is 0.489. The molecule has 4 nitrogen and oxygen atoms in total. The Morgan fingerprint density at radius 3 is 2.30 bits per heavy atom. The Labute approximate surface area is 162 Å². The Hall–Kier alpha value is -2.49. The second-order valence-corrected chi connectivity index (χ2v) is 6.57. The van der Waals surface area contributed by atoms with E-state index in [2.05, 4.69) is 26.0 Å². The van der Waals surface area contributed by atoms with Crippen LogP contribution in [0, 0.1) is 0 Å². The minimum Gasteiger partial charge on any atom is -0.493 e. The second kappa shape index (κ2) is 11.3. The van der Waals surface area contributed by atoms with Gasteiger partial charge < -0.3 is 14.2 Å². The molecule has 27 heavy (non-hydrogen) atoms. The van der Waals surface area contributed by atoms with E-state index in [9.17, 15) is 4.79 Å². The molecule has 0 amide bonds. The molecule has 0 aliphatic carbocycles. The largest absolute Gasteiger partial charge is 0.493 e. The van der Waals surface area contributed by atoms with Crippen molar-refractivity contribution in [3.8, 4) is 23.0 Å². The Morgan fingerprint density at radius 2 is 1.67 bits per heavy atom. The van der Waals surface area contributed by atoms with Gasteiger partial charge in [-0.1, -0.05) is 51.7 Å². The molecule has 0 saturated carbocycles. The number of hydrogen-bond acceptors (Lipinski definition) is 4. The predicted octanol–water partition coefficient (Wildman–Crippen LogP) is 6.21. The normalized spacial score (nSPS) is 10.5. The van der Waals surface area contributed by atoms with Crippen molar-refractivity contribution in [2.45, 2.75) is 52.4 Å². The van der Waals surface area contributed by atoms with Crippen LogP contribution in [0.1, 0.15) is 61.9 Å². The van der Waals surface area contributed by atoms with Gasteiger partial charge in [-0.05, 0) is 42.7 Å². The smallest absolute Gasteiger partial charge is 0.204 e. The number of methoxy groups -OCH3 is 1. The molecule has 0 N–H and O–H groups in total. The molecule has 0 aliphatic heterocycles. The number of carbonyl (C=O) groups is 1. The van der Waals surface area contributed by atoms with Crippen LogP contribution < -0.4 is 14.2 Å². The van der Waals surface area contributed by atoms with Gasteiger partial charge in [0.05, 0.1) is 13.7 Å². The SMILES string of the molecule is CCCCCCOc1c(OC)cc(C=O)cc1Oc1ccc(CCC)cc1. The molecule has 0 spiro atoms. The molecule has 0 saturated heterocycles. The number of unbranched alkanes of at least 4 members (excludes halogenated alkanes) is 3. The fraction of sp³-hybridized carbons (Fsp3) is 0.435. The van der Waals surface area contributed by atoms with Crippen LogP contribution in [0.2, 0.25) is 0 Å². The highest BCUT2D eigenvalue weighted by Gasteiger charge is 2.16.